The minimum atomic E-state index is 0.781. The van der Waals surface area contributed by atoms with E-state index in [1.165, 1.54) is 64.2 Å². The second-order valence-corrected chi connectivity index (χ2v) is 10.4. The molecule has 0 aliphatic rings. The standard InChI is InChI=1S/C36H48N2O2/c1-3-5-7-9-11-13-27-39-35-23-19-33(20-24-35)37-29-31-15-17-32(18-16-31)30-38-34-21-25-36(26-22-34)40-28-14-12-10-8-6-4-2/h15-26,29-30H,3-14,27-28H2,1-2H3. The number of benzene rings is 3. The Bertz CT molecular complexity index is 1010. The lowest BCUT2D eigenvalue weighted by molar-refractivity contribution is 0.304. The van der Waals surface area contributed by atoms with E-state index < -0.39 is 0 Å². The smallest absolute Gasteiger partial charge is 0.119 e. The zero-order valence-electron chi connectivity index (χ0n) is 24.7. The average molecular weight is 541 g/mol. The molecule has 0 saturated heterocycles. The van der Waals surface area contributed by atoms with E-state index in [1.807, 2.05) is 61.0 Å². The predicted octanol–water partition coefficient (Wildman–Crippen LogP) is 10.7. The lowest BCUT2D eigenvalue weighted by Gasteiger charge is -2.06. The molecule has 0 amide bonds. The molecule has 40 heavy (non-hydrogen) atoms. The van der Waals surface area contributed by atoms with Crippen LogP contribution in [0.5, 0.6) is 11.5 Å². The highest BCUT2D eigenvalue weighted by Crippen LogP contribution is 2.20. The highest BCUT2D eigenvalue weighted by Gasteiger charge is 1.98. The summed E-state index contributed by atoms with van der Waals surface area (Å²) in [5.41, 5.74) is 3.92. The molecule has 4 nitrogen and oxygen atoms in total. The Morgan fingerprint density at radius 2 is 0.800 bits per heavy atom. The van der Waals surface area contributed by atoms with Gasteiger partial charge in [-0.15, -0.1) is 0 Å². The molecule has 3 aromatic rings. The SMILES string of the molecule is CCCCCCCCOc1ccc(N=Cc2ccc(C=Nc3ccc(OCCCCCCCC)cc3)cc2)cc1. The Morgan fingerprint density at radius 3 is 1.18 bits per heavy atom. The van der Waals surface area contributed by atoms with Gasteiger partial charge >= 0.3 is 0 Å². The summed E-state index contributed by atoms with van der Waals surface area (Å²) < 4.78 is 11.7. The van der Waals surface area contributed by atoms with E-state index in [0.29, 0.717) is 0 Å². The molecule has 0 aliphatic heterocycles. The molecule has 214 valence electrons. The maximum absolute atomic E-state index is 5.87. The summed E-state index contributed by atoms with van der Waals surface area (Å²) in [6.07, 6.45) is 19.0. The molecule has 3 rings (SSSR count). The van der Waals surface area contributed by atoms with Crippen molar-refractivity contribution >= 4 is 23.8 Å². The highest BCUT2D eigenvalue weighted by molar-refractivity contribution is 5.86. The molecule has 0 aliphatic carbocycles. The van der Waals surface area contributed by atoms with Crippen LogP contribution in [0.1, 0.15) is 102 Å². The van der Waals surface area contributed by atoms with Gasteiger partial charge in [0.2, 0.25) is 0 Å². The van der Waals surface area contributed by atoms with Crippen molar-refractivity contribution in [2.45, 2.75) is 90.9 Å². The molecule has 0 atom stereocenters. The molecule has 0 bridgehead atoms. The second-order valence-electron chi connectivity index (χ2n) is 10.4. The number of aliphatic imine (C=N–C) groups is 2. The molecule has 0 heterocycles. The average Bonchev–Trinajstić information content (AvgIpc) is 3.00. The fourth-order valence-electron chi connectivity index (χ4n) is 4.37. The van der Waals surface area contributed by atoms with Gasteiger partial charge in [-0.3, -0.25) is 9.98 Å². The van der Waals surface area contributed by atoms with Crippen LogP contribution < -0.4 is 9.47 Å². The molecule has 0 spiro atoms. The van der Waals surface area contributed by atoms with Crippen LogP contribution in [0.4, 0.5) is 11.4 Å². The zero-order chi connectivity index (χ0) is 28.1. The molecule has 4 heteroatoms. The van der Waals surface area contributed by atoms with Gasteiger partial charge in [0.05, 0.1) is 24.6 Å². The minimum absolute atomic E-state index is 0.781. The van der Waals surface area contributed by atoms with Crippen LogP contribution in [0.25, 0.3) is 0 Å². The first-order chi connectivity index (χ1) is 19.8. The van der Waals surface area contributed by atoms with E-state index >= 15 is 0 Å². The number of unbranched alkanes of at least 4 members (excludes halogenated alkanes) is 10. The maximum Gasteiger partial charge on any atom is 0.119 e. The van der Waals surface area contributed by atoms with Gasteiger partial charge in [0, 0.05) is 12.4 Å². The van der Waals surface area contributed by atoms with Gasteiger partial charge in [0.15, 0.2) is 0 Å². The van der Waals surface area contributed by atoms with Gasteiger partial charge in [0.25, 0.3) is 0 Å². The van der Waals surface area contributed by atoms with Crippen LogP contribution >= 0.6 is 0 Å². The monoisotopic (exact) mass is 540 g/mol. The normalized spacial score (nSPS) is 11.4. The van der Waals surface area contributed by atoms with Gasteiger partial charge < -0.3 is 9.47 Å². The van der Waals surface area contributed by atoms with Crippen LogP contribution in [0.15, 0.2) is 82.8 Å². The Labute approximate surface area is 242 Å². The van der Waals surface area contributed by atoms with Gasteiger partial charge in [-0.25, -0.2) is 0 Å². The van der Waals surface area contributed by atoms with Crippen LogP contribution in [0.2, 0.25) is 0 Å². The van der Waals surface area contributed by atoms with Crippen LogP contribution in [-0.2, 0) is 0 Å². The van der Waals surface area contributed by atoms with Crippen molar-refractivity contribution in [3.63, 3.8) is 0 Å². The van der Waals surface area contributed by atoms with Crippen molar-refractivity contribution in [1.82, 2.24) is 0 Å². The van der Waals surface area contributed by atoms with E-state index in [-0.39, 0.29) is 0 Å². The molecule has 0 aromatic heterocycles. The van der Waals surface area contributed by atoms with Crippen molar-refractivity contribution in [2.24, 2.45) is 9.98 Å². The quantitative estimate of drug-likeness (QED) is 0.106. The van der Waals surface area contributed by atoms with E-state index in [0.717, 1.165) is 60.1 Å². The topological polar surface area (TPSA) is 43.2 Å². The van der Waals surface area contributed by atoms with Crippen molar-refractivity contribution < 1.29 is 9.47 Å². The first-order valence-corrected chi connectivity index (χ1v) is 15.4. The lowest BCUT2D eigenvalue weighted by atomic mass is 10.1. The zero-order valence-corrected chi connectivity index (χ0v) is 24.7. The number of hydrogen-bond donors (Lipinski definition) is 0. The molecule has 0 fully saturated rings. The molecule has 0 N–H and O–H groups in total. The highest BCUT2D eigenvalue weighted by atomic mass is 16.5. The summed E-state index contributed by atoms with van der Waals surface area (Å²) in [5, 5.41) is 0. The number of ether oxygens (including phenoxy) is 2. The third-order valence-electron chi connectivity index (χ3n) is 6.87. The third-order valence-corrected chi connectivity index (χ3v) is 6.87. The summed E-state index contributed by atoms with van der Waals surface area (Å²) >= 11 is 0. The van der Waals surface area contributed by atoms with E-state index in [4.69, 9.17) is 9.47 Å². The predicted molar refractivity (Wildman–Crippen MR) is 172 cm³/mol. The van der Waals surface area contributed by atoms with Gasteiger partial charge in [-0.05, 0) is 72.5 Å². The van der Waals surface area contributed by atoms with Gasteiger partial charge in [-0.1, -0.05) is 102 Å². The first-order valence-electron chi connectivity index (χ1n) is 15.4. The second kappa shape index (κ2) is 19.6. The van der Waals surface area contributed by atoms with Crippen molar-refractivity contribution in [3.05, 3.63) is 83.9 Å². The van der Waals surface area contributed by atoms with Crippen LogP contribution in [-0.4, -0.2) is 25.6 Å². The number of rotatable bonds is 20. The van der Waals surface area contributed by atoms with Crippen molar-refractivity contribution in [2.75, 3.05) is 13.2 Å². The summed E-state index contributed by atoms with van der Waals surface area (Å²) in [7, 11) is 0. The molecule has 0 unspecified atom stereocenters. The Kier molecular flexibility index (Phi) is 15.3. The van der Waals surface area contributed by atoms with E-state index in [2.05, 4.69) is 48.1 Å². The molecular weight excluding hydrogens is 492 g/mol. The molecule has 0 saturated carbocycles. The maximum atomic E-state index is 5.87. The lowest BCUT2D eigenvalue weighted by Crippen LogP contribution is -1.96. The van der Waals surface area contributed by atoms with Crippen LogP contribution in [0, 0.1) is 0 Å². The summed E-state index contributed by atoms with van der Waals surface area (Å²) in [4.78, 5) is 9.21. The largest absolute Gasteiger partial charge is 0.494 e. The van der Waals surface area contributed by atoms with Crippen molar-refractivity contribution in [3.8, 4) is 11.5 Å². The molecule has 3 aromatic carbocycles. The molecular formula is C36H48N2O2. The Hall–Kier alpha value is -3.40. The fourth-order valence-corrected chi connectivity index (χ4v) is 4.37. The Morgan fingerprint density at radius 1 is 0.450 bits per heavy atom. The summed E-state index contributed by atoms with van der Waals surface area (Å²) in [5.74, 6) is 1.82. The summed E-state index contributed by atoms with van der Waals surface area (Å²) in [6, 6.07) is 24.2. The number of nitrogens with zero attached hydrogens (tertiary/aromatic N) is 2. The first kappa shape index (κ1) is 31.1. The fraction of sp³-hybridized carbons (Fsp3) is 0.444. The van der Waals surface area contributed by atoms with E-state index in [1.54, 1.807) is 0 Å². The number of hydrogen-bond acceptors (Lipinski definition) is 4. The van der Waals surface area contributed by atoms with Crippen molar-refractivity contribution in [1.29, 1.82) is 0 Å². The molecule has 0 radical (unpaired) electrons. The summed E-state index contributed by atoms with van der Waals surface area (Å²) in [6.45, 7) is 6.06. The van der Waals surface area contributed by atoms with Gasteiger partial charge in [-0.2, -0.15) is 0 Å². The van der Waals surface area contributed by atoms with Gasteiger partial charge in [0.1, 0.15) is 11.5 Å². The third kappa shape index (κ3) is 13.1. The minimum Gasteiger partial charge on any atom is -0.494 e. The Balaban J connectivity index is 1.36. The van der Waals surface area contributed by atoms with Crippen LogP contribution in [0.3, 0.4) is 0 Å². The van der Waals surface area contributed by atoms with E-state index in [9.17, 15) is 0 Å².